The van der Waals surface area contributed by atoms with E-state index in [2.05, 4.69) is 10.4 Å². The molecule has 6 nitrogen and oxygen atoms in total. The predicted octanol–water partition coefficient (Wildman–Crippen LogP) is 1.17. The van der Waals surface area contributed by atoms with Crippen LogP contribution in [-0.4, -0.2) is 59.5 Å². The Balaban J connectivity index is 0.00000192. The lowest BCUT2D eigenvalue weighted by Gasteiger charge is -2.28. The number of hydrogen-bond donors (Lipinski definition) is 1. The van der Waals surface area contributed by atoms with Crippen molar-refractivity contribution in [1.82, 2.24) is 20.0 Å². The number of nitrogens with zero attached hydrogens (tertiary/aromatic N) is 3. The summed E-state index contributed by atoms with van der Waals surface area (Å²) in [7, 11) is 1.92. The molecule has 130 valence electrons. The molecule has 7 heteroatoms. The van der Waals surface area contributed by atoms with E-state index in [1.54, 1.807) is 4.68 Å². The minimum Gasteiger partial charge on any atom is -0.376 e. The third-order valence-electron chi connectivity index (χ3n) is 4.83. The molecule has 0 saturated carbocycles. The molecule has 0 aliphatic carbocycles. The molecule has 23 heavy (non-hydrogen) atoms. The number of hydrogen-bond acceptors (Lipinski definition) is 4. The third-order valence-corrected chi connectivity index (χ3v) is 4.83. The number of ether oxygens (including phenoxy) is 1. The standard InChI is InChI=1S/C16H26N4O2.ClH/c1-3-20(11-13-5-4-6-22-13)16(21)15-9-17-8-14(15)12-7-18-19(2)10-12;/h7,10,13-15,17H,3-6,8-9,11H2,1-2H3;1H/t13?,14-,15+;/m1./s1. The lowest BCUT2D eigenvalue weighted by atomic mass is 9.89. The van der Waals surface area contributed by atoms with Crippen LogP contribution in [0.1, 0.15) is 31.2 Å². The van der Waals surface area contributed by atoms with Crippen LogP contribution < -0.4 is 5.32 Å². The second-order valence-corrected chi connectivity index (χ2v) is 6.33. The summed E-state index contributed by atoms with van der Waals surface area (Å²) in [6.07, 6.45) is 6.30. The van der Waals surface area contributed by atoms with Crippen LogP contribution in [0.2, 0.25) is 0 Å². The van der Waals surface area contributed by atoms with Crippen molar-refractivity contribution in [2.45, 2.75) is 31.8 Å². The topological polar surface area (TPSA) is 59.4 Å². The van der Waals surface area contributed by atoms with E-state index in [0.29, 0.717) is 0 Å². The predicted molar refractivity (Wildman–Crippen MR) is 90.8 cm³/mol. The third kappa shape index (κ3) is 4.05. The molecule has 2 fully saturated rings. The molecule has 2 saturated heterocycles. The largest absolute Gasteiger partial charge is 0.376 e. The second-order valence-electron chi connectivity index (χ2n) is 6.33. The first-order valence-corrected chi connectivity index (χ1v) is 8.28. The summed E-state index contributed by atoms with van der Waals surface area (Å²) in [6.45, 7) is 5.95. The molecule has 1 aromatic heterocycles. The van der Waals surface area contributed by atoms with E-state index in [0.717, 1.165) is 51.2 Å². The number of aromatic nitrogens is 2. The lowest BCUT2D eigenvalue weighted by Crippen LogP contribution is -2.42. The first-order chi connectivity index (χ1) is 10.7. The quantitative estimate of drug-likeness (QED) is 0.872. The van der Waals surface area contributed by atoms with Crippen molar-refractivity contribution in [3.05, 3.63) is 18.0 Å². The van der Waals surface area contributed by atoms with Gasteiger partial charge in [-0.3, -0.25) is 9.48 Å². The number of nitrogens with one attached hydrogen (secondary N) is 1. The molecule has 3 heterocycles. The van der Waals surface area contributed by atoms with Crippen LogP contribution in [0.5, 0.6) is 0 Å². The summed E-state index contributed by atoms with van der Waals surface area (Å²) in [6, 6.07) is 0. The van der Waals surface area contributed by atoms with Crippen molar-refractivity contribution in [2.24, 2.45) is 13.0 Å². The summed E-state index contributed by atoms with van der Waals surface area (Å²) in [5.41, 5.74) is 1.15. The zero-order chi connectivity index (χ0) is 15.5. The zero-order valence-corrected chi connectivity index (χ0v) is 14.7. The van der Waals surface area contributed by atoms with Crippen molar-refractivity contribution >= 4 is 18.3 Å². The lowest BCUT2D eigenvalue weighted by molar-refractivity contribution is -0.136. The molecule has 1 N–H and O–H groups in total. The highest BCUT2D eigenvalue weighted by Crippen LogP contribution is 2.29. The van der Waals surface area contributed by atoms with Crippen LogP contribution >= 0.6 is 12.4 Å². The maximum absolute atomic E-state index is 13.0. The Labute approximate surface area is 144 Å². The maximum atomic E-state index is 13.0. The Morgan fingerprint density at radius 2 is 2.35 bits per heavy atom. The van der Waals surface area contributed by atoms with Gasteiger partial charge in [0.2, 0.25) is 5.91 Å². The molecule has 1 aromatic rings. The van der Waals surface area contributed by atoms with Crippen LogP contribution in [0.25, 0.3) is 0 Å². The van der Waals surface area contributed by atoms with Crippen LogP contribution in [0.3, 0.4) is 0 Å². The fourth-order valence-electron chi connectivity index (χ4n) is 3.56. The Morgan fingerprint density at radius 1 is 1.52 bits per heavy atom. The molecule has 3 atom stereocenters. The fourth-order valence-corrected chi connectivity index (χ4v) is 3.56. The van der Waals surface area contributed by atoms with Crippen molar-refractivity contribution in [2.75, 3.05) is 32.8 Å². The first kappa shape index (κ1) is 18.2. The van der Waals surface area contributed by atoms with Crippen LogP contribution in [0.4, 0.5) is 0 Å². The van der Waals surface area contributed by atoms with Gasteiger partial charge in [0.1, 0.15) is 0 Å². The second kappa shape index (κ2) is 8.13. The molecule has 3 rings (SSSR count). The monoisotopic (exact) mass is 342 g/mol. The number of carbonyl (C=O) groups is 1. The van der Waals surface area contributed by atoms with E-state index < -0.39 is 0 Å². The van der Waals surface area contributed by atoms with Gasteiger partial charge in [0.15, 0.2) is 0 Å². The smallest absolute Gasteiger partial charge is 0.227 e. The highest BCUT2D eigenvalue weighted by Gasteiger charge is 2.37. The van der Waals surface area contributed by atoms with E-state index in [-0.39, 0.29) is 36.3 Å². The number of rotatable bonds is 5. The summed E-state index contributed by atoms with van der Waals surface area (Å²) >= 11 is 0. The molecule has 0 radical (unpaired) electrons. The van der Waals surface area contributed by atoms with E-state index in [1.807, 2.05) is 31.3 Å². The maximum Gasteiger partial charge on any atom is 0.227 e. The number of likely N-dealkylation sites (N-methyl/N-ethyl adjacent to an activating group) is 1. The summed E-state index contributed by atoms with van der Waals surface area (Å²) in [5.74, 6) is 0.474. The molecule has 0 bridgehead atoms. The minimum absolute atomic E-state index is 0. The summed E-state index contributed by atoms with van der Waals surface area (Å²) in [4.78, 5) is 14.9. The van der Waals surface area contributed by atoms with Gasteiger partial charge in [-0.25, -0.2) is 0 Å². The highest BCUT2D eigenvalue weighted by atomic mass is 35.5. The Morgan fingerprint density at radius 3 is 2.96 bits per heavy atom. The van der Waals surface area contributed by atoms with Gasteiger partial charge in [0.25, 0.3) is 0 Å². The van der Waals surface area contributed by atoms with Crippen LogP contribution in [0.15, 0.2) is 12.4 Å². The normalized spacial score (nSPS) is 27.0. The fraction of sp³-hybridized carbons (Fsp3) is 0.750. The van der Waals surface area contributed by atoms with Crippen molar-refractivity contribution in [3.63, 3.8) is 0 Å². The number of carbonyl (C=O) groups excluding carboxylic acids is 1. The zero-order valence-electron chi connectivity index (χ0n) is 13.9. The molecular formula is C16H27ClN4O2. The Kier molecular flexibility index (Phi) is 6.44. The molecule has 2 aliphatic rings. The molecule has 2 aliphatic heterocycles. The molecule has 1 amide bonds. The Bertz CT molecular complexity index is 516. The van der Waals surface area contributed by atoms with E-state index in [9.17, 15) is 4.79 Å². The molecule has 0 spiro atoms. The van der Waals surface area contributed by atoms with Gasteiger partial charge in [-0.15, -0.1) is 12.4 Å². The van der Waals surface area contributed by atoms with Crippen LogP contribution in [0, 0.1) is 5.92 Å². The number of halogens is 1. The molecule has 1 unspecified atom stereocenters. The van der Waals surface area contributed by atoms with E-state index in [4.69, 9.17) is 4.74 Å². The highest BCUT2D eigenvalue weighted by molar-refractivity contribution is 5.85. The molecule has 0 aromatic carbocycles. The molecular weight excluding hydrogens is 316 g/mol. The average Bonchev–Trinajstić information content (AvgIpc) is 3.24. The van der Waals surface area contributed by atoms with Gasteiger partial charge in [0, 0.05) is 51.9 Å². The van der Waals surface area contributed by atoms with Crippen molar-refractivity contribution in [3.8, 4) is 0 Å². The summed E-state index contributed by atoms with van der Waals surface area (Å²) in [5, 5.41) is 7.62. The van der Waals surface area contributed by atoms with Gasteiger partial charge in [-0.1, -0.05) is 0 Å². The number of amides is 1. The minimum atomic E-state index is 0. The summed E-state index contributed by atoms with van der Waals surface area (Å²) < 4.78 is 7.49. The van der Waals surface area contributed by atoms with Gasteiger partial charge in [-0.2, -0.15) is 5.10 Å². The van der Waals surface area contributed by atoms with Gasteiger partial charge >= 0.3 is 0 Å². The van der Waals surface area contributed by atoms with Gasteiger partial charge in [-0.05, 0) is 25.3 Å². The van der Waals surface area contributed by atoms with Gasteiger partial charge < -0.3 is 15.0 Å². The number of aryl methyl sites for hydroxylation is 1. The van der Waals surface area contributed by atoms with E-state index in [1.165, 1.54) is 0 Å². The average molecular weight is 343 g/mol. The Hall–Kier alpha value is -1.11. The van der Waals surface area contributed by atoms with Crippen molar-refractivity contribution in [1.29, 1.82) is 0 Å². The first-order valence-electron chi connectivity index (χ1n) is 8.28. The van der Waals surface area contributed by atoms with Crippen molar-refractivity contribution < 1.29 is 9.53 Å². The van der Waals surface area contributed by atoms with Gasteiger partial charge in [0.05, 0.1) is 18.2 Å². The van der Waals surface area contributed by atoms with E-state index >= 15 is 0 Å². The van der Waals surface area contributed by atoms with Crippen LogP contribution in [-0.2, 0) is 16.6 Å². The SMILES string of the molecule is CCN(CC1CCCO1)C(=O)[C@H]1CNC[C@@H]1c1cnn(C)c1.Cl.